The van der Waals surface area contributed by atoms with Crippen molar-refractivity contribution in [3.63, 3.8) is 0 Å². The largest absolute Gasteiger partial charge is 0.364 e. The van der Waals surface area contributed by atoms with E-state index in [9.17, 15) is 4.79 Å². The third-order valence-corrected chi connectivity index (χ3v) is 3.93. The quantitative estimate of drug-likeness (QED) is 0.847. The van der Waals surface area contributed by atoms with E-state index in [0.29, 0.717) is 17.5 Å². The van der Waals surface area contributed by atoms with E-state index >= 15 is 0 Å². The second kappa shape index (κ2) is 3.84. The molecule has 2 aliphatic rings. The number of hydrogen-bond donors (Lipinski definition) is 1. The monoisotopic (exact) mass is 235 g/mol. The summed E-state index contributed by atoms with van der Waals surface area (Å²) in [5, 5.41) is 3.71. The van der Waals surface area contributed by atoms with Gasteiger partial charge in [0, 0.05) is 30.6 Å². The molecule has 1 saturated carbocycles. The van der Waals surface area contributed by atoms with Gasteiger partial charge in [-0.2, -0.15) is 0 Å². The molecule has 1 aliphatic carbocycles. The van der Waals surface area contributed by atoms with Crippen LogP contribution in [0.15, 0.2) is 10.8 Å². The highest BCUT2D eigenvalue weighted by Crippen LogP contribution is 2.39. The number of nitrogens with zero attached hydrogens (tertiary/aromatic N) is 2. The minimum Gasteiger partial charge on any atom is -0.364 e. The van der Waals surface area contributed by atoms with Gasteiger partial charge in [0.05, 0.1) is 0 Å². The van der Waals surface area contributed by atoms with E-state index in [-0.39, 0.29) is 0 Å². The first-order valence-corrected chi connectivity index (χ1v) is 6.15. The van der Waals surface area contributed by atoms with Crippen LogP contribution in [-0.2, 0) is 0 Å². The number of nitrogens with two attached hydrogens (primary N) is 1. The minimum atomic E-state index is -0.495. The molecule has 1 amide bonds. The van der Waals surface area contributed by atoms with Crippen LogP contribution in [0.1, 0.15) is 41.7 Å². The predicted octanol–water partition coefficient (Wildman–Crippen LogP) is 0.971. The smallest absolute Gasteiger partial charge is 0.271 e. The summed E-state index contributed by atoms with van der Waals surface area (Å²) >= 11 is 0. The fourth-order valence-electron chi connectivity index (χ4n) is 2.84. The van der Waals surface area contributed by atoms with E-state index in [0.717, 1.165) is 24.7 Å². The molecule has 2 heterocycles. The van der Waals surface area contributed by atoms with Gasteiger partial charge in [-0.3, -0.25) is 9.69 Å². The van der Waals surface area contributed by atoms with Crippen LogP contribution in [0.4, 0.5) is 0 Å². The van der Waals surface area contributed by atoms with Crippen LogP contribution in [0.2, 0.25) is 0 Å². The summed E-state index contributed by atoms with van der Waals surface area (Å²) in [6.45, 7) is 4.30. The van der Waals surface area contributed by atoms with E-state index in [4.69, 9.17) is 10.3 Å². The number of aromatic nitrogens is 1. The summed E-state index contributed by atoms with van der Waals surface area (Å²) in [5.41, 5.74) is 6.49. The molecule has 0 bridgehead atoms. The highest BCUT2D eigenvalue weighted by Gasteiger charge is 2.40. The fourth-order valence-corrected chi connectivity index (χ4v) is 2.84. The number of carbonyl (C=O) groups excluding carboxylic acids is 1. The fraction of sp³-hybridized carbons (Fsp3) is 0.667. The van der Waals surface area contributed by atoms with E-state index in [1.165, 1.54) is 12.8 Å². The Labute approximate surface area is 99.9 Å². The first-order valence-electron chi connectivity index (χ1n) is 6.15. The zero-order chi connectivity index (χ0) is 12.0. The highest BCUT2D eigenvalue weighted by atomic mass is 16.5. The maximum Gasteiger partial charge on any atom is 0.271 e. The molecule has 5 heteroatoms. The van der Waals surface area contributed by atoms with Gasteiger partial charge in [-0.15, -0.1) is 0 Å². The molecule has 17 heavy (non-hydrogen) atoms. The van der Waals surface area contributed by atoms with Gasteiger partial charge in [0.1, 0.15) is 6.26 Å². The molecule has 0 aromatic carbocycles. The molecule has 2 atom stereocenters. The van der Waals surface area contributed by atoms with Crippen LogP contribution in [0.25, 0.3) is 0 Å². The molecule has 0 radical (unpaired) electrons. The zero-order valence-corrected chi connectivity index (χ0v) is 9.93. The Kier molecular flexibility index (Phi) is 2.43. The SMILES string of the molecule is CC1CN(C2CC2)CC1c1conc1C(N)=O. The van der Waals surface area contributed by atoms with Gasteiger partial charge in [0.2, 0.25) is 0 Å². The average Bonchev–Trinajstić information content (AvgIpc) is 2.88. The Morgan fingerprint density at radius 2 is 2.29 bits per heavy atom. The van der Waals surface area contributed by atoms with Crippen molar-refractivity contribution in [2.75, 3.05) is 13.1 Å². The summed E-state index contributed by atoms with van der Waals surface area (Å²) in [6, 6.07) is 0.763. The van der Waals surface area contributed by atoms with E-state index in [1.54, 1.807) is 6.26 Å². The Hall–Kier alpha value is -1.36. The standard InChI is InChI=1S/C12H17N3O2/c1-7-4-15(8-2-3-8)5-9(7)10-6-17-14-11(10)12(13)16/h6-9H,2-5H2,1H3,(H2,13,16). The first-order chi connectivity index (χ1) is 8.16. The molecule has 1 aromatic rings. The van der Waals surface area contributed by atoms with Crippen LogP contribution >= 0.6 is 0 Å². The summed E-state index contributed by atoms with van der Waals surface area (Å²) in [7, 11) is 0. The molecule has 1 saturated heterocycles. The highest BCUT2D eigenvalue weighted by molar-refractivity contribution is 5.92. The van der Waals surface area contributed by atoms with Gasteiger partial charge in [0.25, 0.3) is 5.91 Å². The van der Waals surface area contributed by atoms with Gasteiger partial charge in [-0.25, -0.2) is 0 Å². The van der Waals surface area contributed by atoms with Crippen LogP contribution < -0.4 is 5.73 Å². The van der Waals surface area contributed by atoms with Gasteiger partial charge in [0.15, 0.2) is 5.69 Å². The van der Waals surface area contributed by atoms with Gasteiger partial charge >= 0.3 is 0 Å². The van der Waals surface area contributed by atoms with Gasteiger partial charge < -0.3 is 10.3 Å². The summed E-state index contributed by atoms with van der Waals surface area (Å²) in [6.07, 6.45) is 4.20. The van der Waals surface area contributed by atoms with Crippen molar-refractivity contribution < 1.29 is 9.32 Å². The molecule has 0 spiro atoms. The Bertz CT molecular complexity index is 439. The summed E-state index contributed by atoms with van der Waals surface area (Å²) in [5.74, 6) is 0.350. The lowest BCUT2D eigenvalue weighted by molar-refractivity contribution is 0.0990. The average molecular weight is 235 g/mol. The van der Waals surface area contributed by atoms with E-state index < -0.39 is 5.91 Å². The first kappa shape index (κ1) is 10.8. The van der Waals surface area contributed by atoms with Gasteiger partial charge in [-0.05, 0) is 18.8 Å². The van der Waals surface area contributed by atoms with Crippen LogP contribution in [0.5, 0.6) is 0 Å². The van der Waals surface area contributed by atoms with Crippen molar-refractivity contribution in [2.45, 2.75) is 31.7 Å². The molecule has 2 unspecified atom stereocenters. The molecule has 2 fully saturated rings. The predicted molar refractivity (Wildman–Crippen MR) is 61.5 cm³/mol. The zero-order valence-electron chi connectivity index (χ0n) is 9.93. The number of primary amides is 1. The van der Waals surface area contributed by atoms with Gasteiger partial charge in [-0.1, -0.05) is 12.1 Å². The van der Waals surface area contributed by atoms with Crippen LogP contribution in [-0.4, -0.2) is 35.1 Å². The molecule has 1 aliphatic heterocycles. The maximum absolute atomic E-state index is 11.3. The normalized spacial score (nSPS) is 29.7. The van der Waals surface area contributed by atoms with Crippen LogP contribution in [0.3, 0.4) is 0 Å². The van der Waals surface area contributed by atoms with Crippen molar-refractivity contribution in [1.82, 2.24) is 10.1 Å². The van der Waals surface area contributed by atoms with Crippen molar-refractivity contribution >= 4 is 5.91 Å². The summed E-state index contributed by atoms with van der Waals surface area (Å²) in [4.78, 5) is 13.8. The van der Waals surface area contributed by atoms with E-state index in [1.807, 2.05) is 0 Å². The second-order valence-corrected chi connectivity index (χ2v) is 5.25. The molecular formula is C12H17N3O2. The number of amides is 1. The lowest BCUT2D eigenvalue weighted by Crippen LogP contribution is -2.23. The van der Waals surface area contributed by atoms with Crippen molar-refractivity contribution in [2.24, 2.45) is 11.7 Å². The third-order valence-electron chi connectivity index (χ3n) is 3.93. The Morgan fingerprint density at radius 1 is 1.53 bits per heavy atom. The minimum absolute atomic E-state index is 0.305. The van der Waals surface area contributed by atoms with Crippen molar-refractivity contribution in [3.05, 3.63) is 17.5 Å². The molecule has 92 valence electrons. The summed E-state index contributed by atoms with van der Waals surface area (Å²) < 4.78 is 4.91. The topological polar surface area (TPSA) is 72.4 Å². The molecule has 2 N–H and O–H groups in total. The third kappa shape index (κ3) is 1.84. The molecule has 1 aromatic heterocycles. The Balaban J connectivity index is 1.83. The molecular weight excluding hydrogens is 218 g/mol. The van der Waals surface area contributed by atoms with E-state index in [2.05, 4.69) is 17.0 Å². The number of likely N-dealkylation sites (tertiary alicyclic amines) is 1. The maximum atomic E-state index is 11.3. The number of rotatable bonds is 3. The van der Waals surface area contributed by atoms with Crippen LogP contribution in [0, 0.1) is 5.92 Å². The molecule has 3 rings (SSSR count). The Morgan fingerprint density at radius 3 is 2.94 bits per heavy atom. The number of hydrogen-bond acceptors (Lipinski definition) is 4. The van der Waals surface area contributed by atoms with Crippen molar-refractivity contribution in [3.8, 4) is 0 Å². The number of carbonyl (C=O) groups is 1. The lowest BCUT2D eigenvalue weighted by atomic mass is 9.90. The molecule has 5 nitrogen and oxygen atoms in total. The second-order valence-electron chi connectivity index (χ2n) is 5.25. The lowest BCUT2D eigenvalue weighted by Gasteiger charge is -2.14. The van der Waals surface area contributed by atoms with Crippen molar-refractivity contribution in [1.29, 1.82) is 0 Å².